The van der Waals surface area contributed by atoms with Crippen molar-refractivity contribution in [1.29, 1.82) is 0 Å². The lowest BCUT2D eigenvalue weighted by atomic mass is 10.1. The van der Waals surface area contributed by atoms with Crippen molar-refractivity contribution in [1.82, 2.24) is 10.2 Å². The molecule has 0 amide bonds. The normalized spacial score (nSPS) is 22.5. The number of nitrogens with zero attached hydrogens (tertiary/aromatic N) is 1. The highest BCUT2D eigenvalue weighted by molar-refractivity contribution is 4.74. The second-order valence-electron chi connectivity index (χ2n) is 5.28. The van der Waals surface area contributed by atoms with Crippen LogP contribution in [0.15, 0.2) is 0 Å². The molecule has 1 N–H and O–H groups in total. The van der Waals surface area contributed by atoms with Crippen LogP contribution in [0.25, 0.3) is 0 Å². The van der Waals surface area contributed by atoms with Crippen molar-refractivity contribution in [2.75, 3.05) is 26.2 Å². The minimum Gasteiger partial charge on any atom is -0.312 e. The van der Waals surface area contributed by atoms with Crippen molar-refractivity contribution in [3.8, 4) is 0 Å². The molecule has 1 atom stereocenters. The molecule has 1 aliphatic rings. The highest BCUT2D eigenvalue weighted by Gasteiger charge is 2.14. The summed E-state index contributed by atoms with van der Waals surface area (Å²) in [7, 11) is 0. The van der Waals surface area contributed by atoms with E-state index in [0.29, 0.717) is 6.04 Å². The van der Waals surface area contributed by atoms with E-state index >= 15 is 0 Å². The molecular formula is C14H30N2. The van der Waals surface area contributed by atoms with E-state index < -0.39 is 0 Å². The zero-order valence-corrected chi connectivity index (χ0v) is 11.3. The van der Waals surface area contributed by atoms with Crippen LogP contribution in [-0.2, 0) is 0 Å². The lowest BCUT2D eigenvalue weighted by Crippen LogP contribution is -2.49. The summed E-state index contributed by atoms with van der Waals surface area (Å²) in [5.41, 5.74) is 0. The fraction of sp³-hybridized carbons (Fsp3) is 1.00. The van der Waals surface area contributed by atoms with Gasteiger partial charge in [-0.15, -0.1) is 0 Å². The average molecular weight is 226 g/mol. The fourth-order valence-corrected chi connectivity index (χ4v) is 2.51. The topological polar surface area (TPSA) is 15.3 Å². The summed E-state index contributed by atoms with van der Waals surface area (Å²) in [4.78, 5) is 2.62. The van der Waals surface area contributed by atoms with Crippen LogP contribution in [0.4, 0.5) is 0 Å². The molecule has 0 aromatic rings. The summed E-state index contributed by atoms with van der Waals surface area (Å²) < 4.78 is 0. The Bertz CT molecular complexity index is 159. The van der Waals surface area contributed by atoms with Crippen molar-refractivity contribution in [2.45, 2.75) is 64.8 Å². The van der Waals surface area contributed by atoms with Crippen molar-refractivity contribution in [3.05, 3.63) is 0 Å². The van der Waals surface area contributed by atoms with Gasteiger partial charge in [0.15, 0.2) is 0 Å². The Hall–Kier alpha value is -0.0800. The van der Waals surface area contributed by atoms with E-state index in [4.69, 9.17) is 0 Å². The molecule has 96 valence electrons. The van der Waals surface area contributed by atoms with E-state index in [1.54, 1.807) is 0 Å². The summed E-state index contributed by atoms with van der Waals surface area (Å²) >= 11 is 0. The van der Waals surface area contributed by atoms with Crippen LogP contribution >= 0.6 is 0 Å². The van der Waals surface area contributed by atoms with E-state index in [2.05, 4.69) is 24.1 Å². The molecule has 16 heavy (non-hydrogen) atoms. The molecule has 0 unspecified atom stereocenters. The Kier molecular flexibility index (Phi) is 7.87. The molecule has 1 fully saturated rings. The summed E-state index contributed by atoms with van der Waals surface area (Å²) in [5, 5.41) is 3.50. The SMILES string of the molecule is CCCCCCCCCN1CCN[C@@H](C)C1. The number of nitrogens with one attached hydrogen (secondary N) is 1. The number of unbranched alkanes of at least 4 members (excludes halogenated alkanes) is 6. The zero-order valence-electron chi connectivity index (χ0n) is 11.3. The monoisotopic (exact) mass is 226 g/mol. The molecular weight excluding hydrogens is 196 g/mol. The van der Waals surface area contributed by atoms with Crippen LogP contribution in [0.2, 0.25) is 0 Å². The van der Waals surface area contributed by atoms with E-state index in [0.717, 1.165) is 0 Å². The van der Waals surface area contributed by atoms with E-state index in [-0.39, 0.29) is 0 Å². The van der Waals surface area contributed by atoms with Crippen molar-refractivity contribution < 1.29 is 0 Å². The summed E-state index contributed by atoms with van der Waals surface area (Å²) in [5.74, 6) is 0. The van der Waals surface area contributed by atoms with E-state index in [9.17, 15) is 0 Å². The highest BCUT2D eigenvalue weighted by atomic mass is 15.2. The van der Waals surface area contributed by atoms with Gasteiger partial charge in [0.2, 0.25) is 0 Å². The van der Waals surface area contributed by atoms with E-state index in [1.807, 2.05) is 0 Å². The maximum atomic E-state index is 3.50. The summed E-state index contributed by atoms with van der Waals surface area (Å²) in [6.45, 7) is 9.57. The molecule has 2 heteroatoms. The predicted octanol–water partition coefficient (Wildman–Crippen LogP) is 3.03. The smallest absolute Gasteiger partial charge is 0.0167 e. The van der Waals surface area contributed by atoms with Gasteiger partial charge in [0.05, 0.1) is 0 Å². The van der Waals surface area contributed by atoms with Crippen LogP contribution in [0, 0.1) is 0 Å². The minimum atomic E-state index is 0.693. The third-order valence-corrected chi connectivity index (χ3v) is 3.53. The third kappa shape index (κ3) is 6.49. The van der Waals surface area contributed by atoms with Crippen LogP contribution in [0.3, 0.4) is 0 Å². The van der Waals surface area contributed by atoms with Gasteiger partial charge in [0.1, 0.15) is 0 Å². The van der Waals surface area contributed by atoms with Gasteiger partial charge < -0.3 is 10.2 Å². The first-order valence-corrected chi connectivity index (χ1v) is 7.28. The van der Waals surface area contributed by atoms with Gasteiger partial charge in [-0.3, -0.25) is 0 Å². The maximum Gasteiger partial charge on any atom is 0.0167 e. The largest absolute Gasteiger partial charge is 0.312 e. The molecule has 1 saturated heterocycles. The Morgan fingerprint density at radius 1 is 1.06 bits per heavy atom. The Morgan fingerprint density at radius 3 is 2.44 bits per heavy atom. The first-order chi connectivity index (χ1) is 7.83. The van der Waals surface area contributed by atoms with Gasteiger partial charge in [0, 0.05) is 25.7 Å². The van der Waals surface area contributed by atoms with E-state index in [1.165, 1.54) is 71.1 Å². The molecule has 0 aromatic heterocycles. The van der Waals surface area contributed by atoms with Gasteiger partial charge in [-0.2, -0.15) is 0 Å². The molecule has 0 aliphatic carbocycles. The third-order valence-electron chi connectivity index (χ3n) is 3.53. The van der Waals surface area contributed by atoms with Crippen molar-refractivity contribution in [2.24, 2.45) is 0 Å². The summed E-state index contributed by atoms with van der Waals surface area (Å²) in [6, 6.07) is 0.693. The van der Waals surface area contributed by atoms with Gasteiger partial charge in [0.25, 0.3) is 0 Å². The summed E-state index contributed by atoms with van der Waals surface area (Å²) in [6.07, 6.45) is 9.96. The molecule has 2 nitrogen and oxygen atoms in total. The molecule has 1 rings (SSSR count). The van der Waals surface area contributed by atoms with Crippen LogP contribution < -0.4 is 5.32 Å². The van der Waals surface area contributed by atoms with Gasteiger partial charge >= 0.3 is 0 Å². The first-order valence-electron chi connectivity index (χ1n) is 7.28. The fourth-order valence-electron chi connectivity index (χ4n) is 2.51. The molecule has 0 spiro atoms. The zero-order chi connectivity index (χ0) is 11.6. The van der Waals surface area contributed by atoms with Crippen LogP contribution in [0.5, 0.6) is 0 Å². The lowest BCUT2D eigenvalue weighted by Gasteiger charge is -2.31. The predicted molar refractivity (Wildman–Crippen MR) is 71.9 cm³/mol. The molecule has 0 aromatic carbocycles. The standard InChI is InChI=1S/C14H30N2/c1-3-4-5-6-7-8-9-11-16-12-10-15-14(2)13-16/h14-15H,3-13H2,1-2H3/t14-/m0/s1. The Balaban J connectivity index is 1.86. The number of rotatable bonds is 8. The van der Waals surface area contributed by atoms with Gasteiger partial charge in [-0.05, 0) is 19.9 Å². The molecule has 0 radical (unpaired) electrons. The Morgan fingerprint density at radius 2 is 1.75 bits per heavy atom. The quantitative estimate of drug-likeness (QED) is 0.640. The number of hydrogen-bond donors (Lipinski definition) is 1. The molecule has 0 saturated carbocycles. The lowest BCUT2D eigenvalue weighted by molar-refractivity contribution is 0.203. The highest BCUT2D eigenvalue weighted by Crippen LogP contribution is 2.08. The van der Waals surface area contributed by atoms with Gasteiger partial charge in [-0.25, -0.2) is 0 Å². The van der Waals surface area contributed by atoms with Crippen molar-refractivity contribution >= 4 is 0 Å². The molecule has 0 bridgehead atoms. The van der Waals surface area contributed by atoms with Crippen molar-refractivity contribution in [3.63, 3.8) is 0 Å². The average Bonchev–Trinajstić information content (AvgIpc) is 2.28. The second-order valence-corrected chi connectivity index (χ2v) is 5.28. The molecule has 1 aliphatic heterocycles. The van der Waals surface area contributed by atoms with Crippen LogP contribution in [-0.4, -0.2) is 37.1 Å². The Labute approximate surface area is 102 Å². The second kappa shape index (κ2) is 9.00. The number of piperazine rings is 1. The van der Waals surface area contributed by atoms with Gasteiger partial charge in [-0.1, -0.05) is 45.4 Å². The van der Waals surface area contributed by atoms with Crippen LogP contribution in [0.1, 0.15) is 58.8 Å². The molecule has 1 heterocycles. The number of hydrogen-bond acceptors (Lipinski definition) is 2. The minimum absolute atomic E-state index is 0.693. The maximum absolute atomic E-state index is 3.50. The first kappa shape index (κ1) is 14.0.